The van der Waals surface area contributed by atoms with Gasteiger partial charge in [-0.15, -0.1) is 0 Å². The average molecular weight is 272 g/mol. The van der Waals surface area contributed by atoms with E-state index in [4.69, 9.17) is 4.74 Å². The van der Waals surface area contributed by atoms with Crippen LogP contribution >= 0.6 is 15.9 Å². The largest absolute Gasteiger partial charge is 0.495 e. The van der Waals surface area contributed by atoms with E-state index in [1.165, 1.54) is 5.56 Å². The van der Waals surface area contributed by atoms with E-state index in [0.717, 1.165) is 16.8 Å². The summed E-state index contributed by atoms with van der Waals surface area (Å²) in [5.41, 5.74) is 1.29. The van der Waals surface area contributed by atoms with Gasteiger partial charge in [-0.1, -0.05) is 12.1 Å². The van der Waals surface area contributed by atoms with Gasteiger partial charge in [-0.25, -0.2) is 0 Å². The summed E-state index contributed by atoms with van der Waals surface area (Å²) in [6, 6.07) is 6.08. The van der Waals surface area contributed by atoms with Crippen LogP contribution in [0.2, 0.25) is 0 Å². The van der Waals surface area contributed by atoms with Crippen LogP contribution in [0.5, 0.6) is 5.75 Å². The first-order chi connectivity index (χ1) is 6.94. The number of para-hydroxylation sites is 1. The molecule has 3 heteroatoms. The number of ether oxygens (including phenoxy) is 1. The van der Waals surface area contributed by atoms with Crippen LogP contribution in [0.15, 0.2) is 22.7 Å². The lowest BCUT2D eigenvalue weighted by molar-refractivity contribution is 0.390. The molecule has 84 valence electrons. The Balaban J connectivity index is 2.81. The molecule has 0 aromatic heterocycles. The number of nitrogens with one attached hydrogen (secondary N) is 1. The summed E-state index contributed by atoms with van der Waals surface area (Å²) in [6.07, 6.45) is 0. The Morgan fingerprint density at radius 3 is 2.53 bits per heavy atom. The Morgan fingerprint density at radius 1 is 1.33 bits per heavy atom. The maximum absolute atomic E-state index is 5.35. The molecule has 0 saturated carbocycles. The lowest BCUT2D eigenvalue weighted by Crippen LogP contribution is -2.35. The Bertz CT molecular complexity index is 331. The zero-order valence-electron chi connectivity index (χ0n) is 9.73. The SMILES string of the molecule is COc1c(Br)cccc1CNC(C)(C)C. The van der Waals surface area contributed by atoms with Gasteiger partial charge in [0.25, 0.3) is 0 Å². The standard InChI is InChI=1S/C12H18BrNO/c1-12(2,3)14-8-9-6-5-7-10(13)11(9)15-4/h5-7,14H,8H2,1-4H3. The molecule has 0 aliphatic rings. The molecule has 2 nitrogen and oxygen atoms in total. The fourth-order valence-electron chi connectivity index (χ4n) is 1.28. The highest BCUT2D eigenvalue weighted by Gasteiger charge is 2.11. The van der Waals surface area contributed by atoms with E-state index in [-0.39, 0.29) is 5.54 Å². The molecule has 0 amide bonds. The van der Waals surface area contributed by atoms with Gasteiger partial charge in [0.2, 0.25) is 0 Å². The van der Waals surface area contributed by atoms with Crippen LogP contribution in [0.4, 0.5) is 0 Å². The molecule has 0 unspecified atom stereocenters. The minimum absolute atomic E-state index is 0.118. The van der Waals surface area contributed by atoms with E-state index < -0.39 is 0 Å². The monoisotopic (exact) mass is 271 g/mol. The van der Waals surface area contributed by atoms with Gasteiger partial charge in [0.1, 0.15) is 5.75 Å². The number of hydrogen-bond donors (Lipinski definition) is 1. The van der Waals surface area contributed by atoms with Crippen molar-refractivity contribution in [1.82, 2.24) is 5.32 Å². The van der Waals surface area contributed by atoms with Crippen LogP contribution in [-0.2, 0) is 6.54 Å². The van der Waals surface area contributed by atoms with Crippen LogP contribution in [0.1, 0.15) is 26.3 Å². The average Bonchev–Trinajstić information content (AvgIpc) is 2.13. The summed E-state index contributed by atoms with van der Waals surface area (Å²) in [5.74, 6) is 0.911. The number of benzene rings is 1. The number of rotatable bonds is 3. The van der Waals surface area contributed by atoms with Crippen LogP contribution in [0.25, 0.3) is 0 Å². The molecule has 15 heavy (non-hydrogen) atoms. The van der Waals surface area contributed by atoms with Crippen LogP contribution in [-0.4, -0.2) is 12.6 Å². The fraction of sp³-hybridized carbons (Fsp3) is 0.500. The van der Waals surface area contributed by atoms with Crippen molar-refractivity contribution in [1.29, 1.82) is 0 Å². The van der Waals surface area contributed by atoms with E-state index in [1.54, 1.807) is 7.11 Å². The number of methoxy groups -OCH3 is 1. The third-order valence-electron chi connectivity index (χ3n) is 2.06. The van der Waals surface area contributed by atoms with Crippen LogP contribution in [0, 0.1) is 0 Å². The lowest BCUT2D eigenvalue weighted by Gasteiger charge is -2.21. The molecule has 0 radical (unpaired) electrons. The minimum atomic E-state index is 0.118. The second-order valence-corrected chi connectivity index (χ2v) is 5.39. The zero-order valence-corrected chi connectivity index (χ0v) is 11.3. The van der Waals surface area contributed by atoms with Gasteiger partial charge in [0.05, 0.1) is 11.6 Å². The Morgan fingerprint density at radius 2 is 2.00 bits per heavy atom. The summed E-state index contributed by atoms with van der Waals surface area (Å²) in [7, 11) is 1.70. The predicted molar refractivity (Wildman–Crippen MR) is 67.3 cm³/mol. The van der Waals surface area contributed by atoms with Gasteiger partial charge < -0.3 is 10.1 Å². The van der Waals surface area contributed by atoms with Gasteiger partial charge in [0.15, 0.2) is 0 Å². The van der Waals surface area contributed by atoms with Gasteiger partial charge >= 0.3 is 0 Å². The topological polar surface area (TPSA) is 21.3 Å². The summed E-state index contributed by atoms with van der Waals surface area (Å²) in [5, 5.41) is 3.44. The number of hydrogen-bond acceptors (Lipinski definition) is 2. The van der Waals surface area contributed by atoms with Crippen molar-refractivity contribution in [3.05, 3.63) is 28.2 Å². The predicted octanol–water partition coefficient (Wildman–Crippen LogP) is 3.35. The van der Waals surface area contributed by atoms with Crippen molar-refractivity contribution in [2.24, 2.45) is 0 Å². The van der Waals surface area contributed by atoms with Crippen molar-refractivity contribution in [3.63, 3.8) is 0 Å². The van der Waals surface area contributed by atoms with Crippen molar-refractivity contribution >= 4 is 15.9 Å². The molecule has 0 bridgehead atoms. The molecule has 1 rings (SSSR count). The first-order valence-electron chi connectivity index (χ1n) is 5.00. The molecule has 0 atom stereocenters. The molecule has 0 aliphatic heterocycles. The van der Waals surface area contributed by atoms with Gasteiger partial charge in [-0.3, -0.25) is 0 Å². The van der Waals surface area contributed by atoms with E-state index in [0.29, 0.717) is 0 Å². The molecule has 1 aromatic carbocycles. The quantitative estimate of drug-likeness (QED) is 0.911. The molecule has 0 spiro atoms. The maximum Gasteiger partial charge on any atom is 0.137 e. The lowest BCUT2D eigenvalue weighted by atomic mass is 10.1. The normalized spacial score (nSPS) is 11.5. The smallest absolute Gasteiger partial charge is 0.137 e. The second kappa shape index (κ2) is 4.99. The minimum Gasteiger partial charge on any atom is -0.495 e. The van der Waals surface area contributed by atoms with Gasteiger partial charge in [-0.2, -0.15) is 0 Å². The molecule has 0 aliphatic carbocycles. The summed E-state index contributed by atoms with van der Waals surface area (Å²) >= 11 is 3.47. The molecule has 0 saturated heterocycles. The van der Waals surface area contributed by atoms with Crippen LogP contribution < -0.4 is 10.1 Å². The molecule has 0 fully saturated rings. The van der Waals surface area contributed by atoms with Crippen molar-refractivity contribution in [3.8, 4) is 5.75 Å². The van der Waals surface area contributed by atoms with E-state index >= 15 is 0 Å². The summed E-state index contributed by atoms with van der Waals surface area (Å²) in [6.45, 7) is 7.26. The molecule has 1 aromatic rings. The third kappa shape index (κ3) is 3.84. The molecular weight excluding hydrogens is 254 g/mol. The first kappa shape index (κ1) is 12.5. The molecule has 1 N–H and O–H groups in total. The van der Waals surface area contributed by atoms with Crippen molar-refractivity contribution < 1.29 is 4.74 Å². The first-order valence-corrected chi connectivity index (χ1v) is 5.80. The van der Waals surface area contributed by atoms with Gasteiger partial charge in [0, 0.05) is 17.6 Å². The van der Waals surface area contributed by atoms with Gasteiger partial charge in [-0.05, 0) is 42.8 Å². The Kier molecular flexibility index (Phi) is 4.17. The molecular formula is C12H18BrNO. The summed E-state index contributed by atoms with van der Waals surface area (Å²) in [4.78, 5) is 0. The van der Waals surface area contributed by atoms with E-state index in [1.807, 2.05) is 12.1 Å². The Hall–Kier alpha value is -0.540. The Labute approximate surface area is 100 Å². The molecule has 0 heterocycles. The second-order valence-electron chi connectivity index (χ2n) is 4.54. The summed E-state index contributed by atoms with van der Waals surface area (Å²) < 4.78 is 6.35. The maximum atomic E-state index is 5.35. The highest BCUT2D eigenvalue weighted by Crippen LogP contribution is 2.28. The zero-order chi connectivity index (χ0) is 11.5. The van der Waals surface area contributed by atoms with Crippen molar-refractivity contribution in [2.45, 2.75) is 32.9 Å². The fourth-order valence-corrected chi connectivity index (χ4v) is 1.85. The van der Waals surface area contributed by atoms with Crippen molar-refractivity contribution in [2.75, 3.05) is 7.11 Å². The third-order valence-corrected chi connectivity index (χ3v) is 2.69. The highest BCUT2D eigenvalue weighted by atomic mass is 79.9. The number of halogens is 1. The van der Waals surface area contributed by atoms with E-state index in [9.17, 15) is 0 Å². The van der Waals surface area contributed by atoms with Crippen LogP contribution in [0.3, 0.4) is 0 Å². The highest BCUT2D eigenvalue weighted by molar-refractivity contribution is 9.10. The van der Waals surface area contributed by atoms with E-state index in [2.05, 4.69) is 48.1 Å².